The van der Waals surface area contributed by atoms with Gasteiger partial charge < -0.3 is 0 Å². The summed E-state index contributed by atoms with van der Waals surface area (Å²) in [5, 5.41) is 0. The summed E-state index contributed by atoms with van der Waals surface area (Å²) in [7, 11) is 0. The fourth-order valence-electron chi connectivity index (χ4n) is 6.48. The zero-order valence-electron chi connectivity index (χ0n) is 20.8. The third-order valence-electron chi connectivity index (χ3n) is 8.53. The number of hydrogen-bond donors (Lipinski definition) is 0. The first-order chi connectivity index (χ1) is 15.7. The second-order valence-electron chi connectivity index (χ2n) is 10.6. The molecule has 2 aliphatic carbocycles. The molecule has 2 aromatic carbocycles. The van der Waals surface area contributed by atoms with Gasteiger partial charge in [-0.15, -0.1) is 0 Å². The first kappa shape index (κ1) is 23.3. The molecule has 4 rings (SSSR count). The Hall–Kier alpha value is -1.82. The van der Waals surface area contributed by atoms with Crippen LogP contribution in [0.2, 0.25) is 0 Å². The highest BCUT2D eigenvalue weighted by molar-refractivity contribution is 5.50. The quantitative estimate of drug-likeness (QED) is 0.349. The molecule has 1 atom stereocenters. The van der Waals surface area contributed by atoms with Gasteiger partial charge >= 0.3 is 0 Å². The molecule has 0 heteroatoms. The highest BCUT2D eigenvalue weighted by Crippen LogP contribution is 2.41. The molecule has 172 valence electrons. The molecule has 0 nitrogen and oxygen atoms in total. The van der Waals surface area contributed by atoms with E-state index in [-0.39, 0.29) is 0 Å². The lowest BCUT2D eigenvalue weighted by Crippen LogP contribution is -2.16. The average Bonchev–Trinajstić information content (AvgIpc) is 2.82. The number of hydrogen-bond acceptors (Lipinski definition) is 0. The van der Waals surface area contributed by atoms with Crippen molar-refractivity contribution >= 4 is 0 Å². The van der Waals surface area contributed by atoms with Crippen molar-refractivity contribution in [2.75, 3.05) is 0 Å². The van der Waals surface area contributed by atoms with Gasteiger partial charge in [-0.1, -0.05) is 112 Å². The van der Waals surface area contributed by atoms with Crippen LogP contribution in [0.1, 0.15) is 118 Å². The van der Waals surface area contributed by atoms with Crippen molar-refractivity contribution in [2.45, 2.75) is 104 Å². The Bertz CT molecular complexity index is 894. The standard InChI is InChI=1S/C32H44/c1-4-25(5-2)10-8-11-26-17-19-27(20-18-26)12-9-15-31-30-14-7-6-13-28(30)23-29-21-16-24(3)22-32(29)31/h4,6-7,13-14,16,21-22,26-27,31H,5,8-12,15,17-20,23H2,1-3H3/b25-4+. The van der Waals surface area contributed by atoms with Crippen LogP contribution in [0.3, 0.4) is 0 Å². The minimum absolute atomic E-state index is 0.602. The molecule has 0 aromatic heterocycles. The van der Waals surface area contributed by atoms with Crippen LogP contribution >= 0.6 is 0 Å². The van der Waals surface area contributed by atoms with Gasteiger partial charge in [0.1, 0.15) is 0 Å². The topological polar surface area (TPSA) is 0 Å². The van der Waals surface area contributed by atoms with Gasteiger partial charge in [0.2, 0.25) is 0 Å². The first-order valence-electron chi connectivity index (χ1n) is 13.5. The largest absolute Gasteiger partial charge is 0.0885 e. The van der Waals surface area contributed by atoms with Gasteiger partial charge in [0.05, 0.1) is 0 Å². The predicted octanol–water partition coefficient (Wildman–Crippen LogP) is 9.53. The zero-order chi connectivity index (χ0) is 22.3. The van der Waals surface area contributed by atoms with Gasteiger partial charge in [0.25, 0.3) is 0 Å². The van der Waals surface area contributed by atoms with Crippen molar-refractivity contribution in [1.82, 2.24) is 0 Å². The van der Waals surface area contributed by atoms with Crippen molar-refractivity contribution < 1.29 is 0 Å². The second kappa shape index (κ2) is 11.4. The first-order valence-corrected chi connectivity index (χ1v) is 13.5. The average molecular weight is 429 g/mol. The summed E-state index contributed by atoms with van der Waals surface area (Å²) in [6.45, 7) is 6.75. The fourth-order valence-corrected chi connectivity index (χ4v) is 6.48. The van der Waals surface area contributed by atoms with E-state index >= 15 is 0 Å². The summed E-state index contributed by atoms with van der Waals surface area (Å²) in [4.78, 5) is 0. The molecule has 0 saturated heterocycles. The molecule has 1 unspecified atom stereocenters. The Balaban J connectivity index is 1.26. The van der Waals surface area contributed by atoms with Gasteiger partial charge in [-0.05, 0) is 80.0 Å². The lowest BCUT2D eigenvalue weighted by molar-refractivity contribution is 0.245. The Morgan fingerprint density at radius 1 is 0.844 bits per heavy atom. The normalized spacial score (nSPS) is 23.0. The maximum atomic E-state index is 2.47. The monoisotopic (exact) mass is 428 g/mol. The smallest absolute Gasteiger partial charge is 0.00951 e. The number of aryl methyl sites for hydroxylation is 1. The maximum absolute atomic E-state index is 2.47. The minimum Gasteiger partial charge on any atom is -0.0885 e. The molecule has 1 fully saturated rings. The van der Waals surface area contributed by atoms with Crippen molar-refractivity contribution in [1.29, 1.82) is 0 Å². The maximum Gasteiger partial charge on any atom is 0.00951 e. The third kappa shape index (κ3) is 5.75. The van der Waals surface area contributed by atoms with Crippen LogP contribution in [-0.2, 0) is 6.42 Å². The number of fused-ring (bicyclic) bond motifs is 2. The molecule has 2 aromatic rings. The van der Waals surface area contributed by atoms with E-state index in [4.69, 9.17) is 0 Å². The zero-order valence-corrected chi connectivity index (χ0v) is 20.8. The number of rotatable bonds is 9. The highest BCUT2D eigenvalue weighted by Gasteiger charge is 2.26. The Kier molecular flexibility index (Phi) is 8.28. The molecule has 0 heterocycles. The van der Waals surface area contributed by atoms with E-state index in [0.717, 1.165) is 18.3 Å². The second-order valence-corrected chi connectivity index (χ2v) is 10.6. The predicted molar refractivity (Wildman–Crippen MR) is 139 cm³/mol. The van der Waals surface area contributed by atoms with E-state index in [1.165, 1.54) is 76.2 Å². The van der Waals surface area contributed by atoms with E-state index < -0.39 is 0 Å². The van der Waals surface area contributed by atoms with Crippen molar-refractivity contribution in [2.24, 2.45) is 11.8 Å². The lowest BCUT2D eigenvalue weighted by atomic mass is 9.74. The molecule has 0 amide bonds. The molecule has 0 N–H and O–H groups in total. The van der Waals surface area contributed by atoms with E-state index in [0.29, 0.717) is 5.92 Å². The molecule has 0 radical (unpaired) electrons. The van der Waals surface area contributed by atoms with Gasteiger partial charge in [0, 0.05) is 5.92 Å². The molecule has 0 bridgehead atoms. The Morgan fingerprint density at radius 3 is 2.25 bits per heavy atom. The summed E-state index contributed by atoms with van der Waals surface area (Å²) >= 11 is 0. The molecule has 1 saturated carbocycles. The van der Waals surface area contributed by atoms with Crippen LogP contribution in [0.5, 0.6) is 0 Å². The van der Waals surface area contributed by atoms with E-state index in [1.54, 1.807) is 27.8 Å². The summed E-state index contributed by atoms with van der Waals surface area (Å²) in [5.41, 5.74) is 9.39. The van der Waals surface area contributed by atoms with Crippen LogP contribution in [0.25, 0.3) is 0 Å². The minimum atomic E-state index is 0.602. The van der Waals surface area contributed by atoms with Gasteiger partial charge in [-0.3, -0.25) is 0 Å². The van der Waals surface area contributed by atoms with E-state index in [2.05, 4.69) is 69.3 Å². The number of allylic oxidation sites excluding steroid dienone is 2. The lowest BCUT2D eigenvalue weighted by Gasteiger charge is -2.31. The molecular weight excluding hydrogens is 384 g/mol. The van der Waals surface area contributed by atoms with E-state index in [1.807, 2.05) is 0 Å². The Morgan fingerprint density at radius 2 is 1.53 bits per heavy atom. The van der Waals surface area contributed by atoms with Gasteiger partial charge in [-0.2, -0.15) is 0 Å². The van der Waals surface area contributed by atoms with Crippen molar-refractivity contribution in [3.05, 3.63) is 81.9 Å². The summed E-state index contributed by atoms with van der Waals surface area (Å²) in [6.07, 6.45) is 18.9. The SMILES string of the molecule is C/C=C(\CC)CCCC1CCC(CCCC2c3ccccc3Cc3ccc(C)cc32)CC1. The Labute approximate surface area is 197 Å². The highest BCUT2D eigenvalue weighted by atomic mass is 14.3. The summed E-state index contributed by atoms with van der Waals surface area (Å²) < 4.78 is 0. The molecule has 2 aliphatic rings. The molecule has 0 spiro atoms. The number of benzene rings is 2. The van der Waals surface area contributed by atoms with Gasteiger partial charge in [0.15, 0.2) is 0 Å². The third-order valence-corrected chi connectivity index (χ3v) is 8.53. The van der Waals surface area contributed by atoms with Crippen LogP contribution in [0, 0.1) is 18.8 Å². The molecular formula is C32H44. The van der Waals surface area contributed by atoms with E-state index in [9.17, 15) is 0 Å². The molecule has 32 heavy (non-hydrogen) atoms. The van der Waals surface area contributed by atoms with Crippen LogP contribution in [0.15, 0.2) is 54.1 Å². The fraction of sp³-hybridized carbons (Fsp3) is 0.562. The molecule has 0 aliphatic heterocycles. The summed E-state index contributed by atoms with van der Waals surface area (Å²) in [6, 6.07) is 16.4. The van der Waals surface area contributed by atoms with Crippen molar-refractivity contribution in [3.8, 4) is 0 Å². The van der Waals surface area contributed by atoms with Gasteiger partial charge in [-0.25, -0.2) is 0 Å². The summed E-state index contributed by atoms with van der Waals surface area (Å²) in [5.74, 6) is 2.58. The van der Waals surface area contributed by atoms with Crippen LogP contribution in [-0.4, -0.2) is 0 Å². The van der Waals surface area contributed by atoms with Crippen molar-refractivity contribution in [3.63, 3.8) is 0 Å². The van der Waals surface area contributed by atoms with Crippen LogP contribution < -0.4 is 0 Å². The van der Waals surface area contributed by atoms with Crippen LogP contribution in [0.4, 0.5) is 0 Å².